The molecule has 3 N–H and O–H groups in total. The van der Waals surface area contributed by atoms with Gasteiger partial charge in [-0.2, -0.15) is 0 Å². The number of pyridine rings is 1. The fraction of sp³-hybridized carbons (Fsp3) is 0.594. The molecule has 0 saturated carbocycles. The summed E-state index contributed by atoms with van der Waals surface area (Å²) in [5, 5.41) is 8.62. The molecule has 0 saturated heterocycles. The molecular formula is C32H55FN4O3. The molecule has 0 radical (unpaired) electrons. The van der Waals surface area contributed by atoms with E-state index < -0.39 is 0 Å². The van der Waals surface area contributed by atoms with Crippen LogP contribution in [0, 0.1) is 19.7 Å². The molecule has 0 aliphatic carbocycles. The molecule has 1 heterocycles. The third kappa shape index (κ3) is 22.9. The lowest BCUT2D eigenvalue weighted by Gasteiger charge is -2.08. The molecule has 0 unspecified atom stereocenters. The fourth-order valence-electron chi connectivity index (χ4n) is 3.28. The van der Waals surface area contributed by atoms with Crippen molar-refractivity contribution in [3.63, 3.8) is 0 Å². The van der Waals surface area contributed by atoms with Crippen LogP contribution >= 0.6 is 0 Å². The lowest BCUT2D eigenvalue weighted by atomic mass is 10.2. The summed E-state index contributed by atoms with van der Waals surface area (Å²) in [6.45, 7) is 19.0. The quantitative estimate of drug-likeness (QED) is 0.221. The normalized spacial score (nSPS) is 9.53. The largest absolute Gasteiger partial charge is 0.493 e. The van der Waals surface area contributed by atoms with Crippen LogP contribution in [0.5, 0.6) is 5.75 Å². The van der Waals surface area contributed by atoms with Crippen molar-refractivity contribution in [3.8, 4) is 5.75 Å². The third-order valence-corrected chi connectivity index (χ3v) is 5.22. The molecular weight excluding hydrogens is 507 g/mol. The Morgan fingerprint density at radius 3 is 2.12 bits per heavy atom. The predicted octanol–water partition coefficient (Wildman–Crippen LogP) is 6.31. The average molecular weight is 563 g/mol. The number of halogens is 1. The summed E-state index contributed by atoms with van der Waals surface area (Å²) < 4.78 is 18.7. The van der Waals surface area contributed by atoms with Gasteiger partial charge in [0.05, 0.1) is 13.2 Å². The van der Waals surface area contributed by atoms with Crippen LogP contribution in [0.25, 0.3) is 0 Å². The van der Waals surface area contributed by atoms with E-state index in [1.807, 2.05) is 40.1 Å². The first kappa shape index (κ1) is 39.1. The Balaban J connectivity index is 0. The first-order valence-electron chi connectivity index (χ1n) is 14.9. The zero-order valence-corrected chi connectivity index (χ0v) is 26.3. The number of rotatable bonds is 15. The van der Waals surface area contributed by atoms with E-state index in [9.17, 15) is 14.0 Å². The van der Waals surface area contributed by atoms with E-state index in [0.29, 0.717) is 38.2 Å². The minimum Gasteiger partial charge on any atom is -0.493 e. The molecule has 0 aliphatic rings. The molecule has 2 amide bonds. The minimum absolute atomic E-state index is 0.00507. The summed E-state index contributed by atoms with van der Waals surface area (Å²) in [5.74, 6) is -0.144. The van der Waals surface area contributed by atoms with E-state index in [2.05, 4.69) is 47.8 Å². The highest BCUT2D eigenvalue weighted by Gasteiger charge is 2.05. The van der Waals surface area contributed by atoms with Gasteiger partial charge in [-0.3, -0.25) is 14.6 Å². The maximum atomic E-state index is 13.2. The number of ether oxygens (including phenoxy) is 1. The molecule has 40 heavy (non-hydrogen) atoms. The van der Waals surface area contributed by atoms with Crippen LogP contribution < -0.4 is 20.7 Å². The minimum atomic E-state index is -0.319. The second-order valence-corrected chi connectivity index (χ2v) is 8.68. The van der Waals surface area contributed by atoms with Crippen molar-refractivity contribution in [2.75, 3.05) is 32.8 Å². The van der Waals surface area contributed by atoms with Gasteiger partial charge in [0.1, 0.15) is 11.6 Å². The first-order valence-corrected chi connectivity index (χ1v) is 14.9. The molecule has 0 fully saturated rings. The van der Waals surface area contributed by atoms with Crippen LogP contribution in [0.15, 0.2) is 36.7 Å². The lowest BCUT2D eigenvalue weighted by molar-refractivity contribution is -0.126. The van der Waals surface area contributed by atoms with E-state index >= 15 is 0 Å². The number of hydrogen-bond acceptors (Lipinski definition) is 5. The summed E-state index contributed by atoms with van der Waals surface area (Å²) in [4.78, 5) is 27.4. The van der Waals surface area contributed by atoms with Gasteiger partial charge < -0.3 is 20.7 Å². The first-order chi connectivity index (χ1) is 19.3. The van der Waals surface area contributed by atoms with Gasteiger partial charge in [0.25, 0.3) is 0 Å². The number of nitrogens with zero attached hydrogens (tertiary/aromatic N) is 1. The second-order valence-electron chi connectivity index (χ2n) is 8.68. The number of unbranched alkanes of at least 4 members (excludes halogenated alkanes) is 2. The molecule has 0 aliphatic heterocycles. The highest BCUT2D eigenvalue weighted by atomic mass is 19.1. The molecule has 228 valence electrons. The molecule has 2 aromatic rings. The second kappa shape index (κ2) is 27.6. The Morgan fingerprint density at radius 2 is 1.52 bits per heavy atom. The van der Waals surface area contributed by atoms with Crippen molar-refractivity contribution >= 4 is 11.8 Å². The molecule has 0 atom stereocenters. The summed E-state index contributed by atoms with van der Waals surface area (Å²) in [6.07, 6.45) is 8.45. The third-order valence-electron chi connectivity index (χ3n) is 5.22. The molecule has 0 spiro atoms. The Bertz CT molecular complexity index is 889. The summed E-state index contributed by atoms with van der Waals surface area (Å²) in [6, 6.07) is 6.72. The highest BCUT2D eigenvalue weighted by Crippen LogP contribution is 2.16. The number of hydrogen-bond donors (Lipinski definition) is 3. The summed E-state index contributed by atoms with van der Waals surface area (Å²) >= 11 is 0. The number of aryl methyl sites for hydroxylation is 3. The van der Waals surface area contributed by atoms with Crippen LogP contribution in [0.1, 0.15) is 90.3 Å². The molecule has 2 rings (SSSR count). The molecule has 1 aromatic heterocycles. The van der Waals surface area contributed by atoms with Crippen molar-refractivity contribution in [1.82, 2.24) is 20.9 Å². The number of carbonyl (C=O) groups is 2. The maximum Gasteiger partial charge on any atom is 0.239 e. The van der Waals surface area contributed by atoms with E-state index in [-0.39, 0.29) is 24.2 Å². The smallest absolute Gasteiger partial charge is 0.239 e. The van der Waals surface area contributed by atoms with E-state index in [0.717, 1.165) is 37.9 Å². The lowest BCUT2D eigenvalue weighted by Crippen LogP contribution is -2.37. The van der Waals surface area contributed by atoms with Crippen molar-refractivity contribution in [3.05, 3.63) is 59.2 Å². The van der Waals surface area contributed by atoms with Gasteiger partial charge in [-0.05, 0) is 87.9 Å². The summed E-state index contributed by atoms with van der Waals surface area (Å²) in [5.41, 5.74) is 3.37. The van der Waals surface area contributed by atoms with Crippen molar-refractivity contribution in [1.29, 1.82) is 0 Å². The average Bonchev–Trinajstić information content (AvgIpc) is 2.95. The Kier molecular flexibility index (Phi) is 27.0. The monoisotopic (exact) mass is 562 g/mol. The molecule has 1 aromatic carbocycles. The van der Waals surface area contributed by atoms with Crippen molar-refractivity contribution in [2.45, 2.75) is 93.9 Å². The van der Waals surface area contributed by atoms with Gasteiger partial charge in [-0.15, -0.1) is 0 Å². The van der Waals surface area contributed by atoms with E-state index in [1.54, 1.807) is 13.0 Å². The van der Waals surface area contributed by atoms with Gasteiger partial charge in [-0.25, -0.2) is 4.39 Å². The van der Waals surface area contributed by atoms with Gasteiger partial charge in [0.15, 0.2) is 0 Å². The zero-order valence-electron chi connectivity index (χ0n) is 26.3. The topological polar surface area (TPSA) is 92.3 Å². The SMILES string of the molecule is CC.CC.CCNCCCCNC(=O)CNC(=O)CCCCOc1cc(C)cc(F)c1.CCc1cncc(C)c1. The maximum absolute atomic E-state index is 13.2. The number of nitrogens with one attached hydrogen (secondary N) is 3. The van der Waals surface area contributed by atoms with E-state index in [4.69, 9.17) is 4.74 Å². The number of carbonyl (C=O) groups excluding carboxylic acids is 2. The number of aromatic nitrogens is 1. The Hall–Kier alpha value is -3.00. The highest BCUT2D eigenvalue weighted by molar-refractivity contribution is 5.84. The van der Waals surface area contributed by atoms with Gasteiger partial charge in [0.2, 0.25) is 11.8 Å². The van der Waals surface area contributed by atoms with Crippen LogP contribution in [-0.4, -0.2) is 49.6 Å². The zero-order chi connectivity index (χ0) is 30.6. The molecule has 8 heteroatoms. The van der Waals surface area contributed by atoms with Crippen LogP contribution in [0.4, 0.5) is 4.39 Å². The summed E-state index contributed by atoms with van der Waals surface area (Å²) in [7, 11) is 0. The number of amides is 2. The standard InChI is InChI=1S/C20H32FN3O3.C8H11N.2C2H6/c1-3-22-9-5-6-10-23-20(26)15-24-19(25)8-4-7-11-27-18-13-16(2)12-17(21)14-18;1-3-8-4-7(2)5-9-6-8;2*1-2/h12-14,22H,3-11,15H2,1-2H3,(H,23,26)(H,24,25);4-6H,3H2,1-2H3;2*1-2H3. The van der Waals surface area contributed by atoms with Gasteiger partial charge in [-0.1, -0.05) is 47.6 Å². The fourth-order valence-corrected chi connectivity index (χ4v) is 3.28. The van der Waals surface area contributed by atoms with Gasteiger partial charge >= 0.3 is 0 Å². The van der Waals surface area contributed by atoms with Crippen LogP contribution in [-0.2, 0) is 16.0 Å². The van der Waals surface area contributed by atoms with Crippen LogP contribution in [0.3, 0.4) is 0 Å². The Labute approximate surface area is 243 Å². The number of benzene rings is 1. The molecule has 0 bridgehead atoms. The predicted molar refractivity (Wildman–Crippen MR) is 165 cm³/mol. The van der Waals surface area contributed by atoms with Crippen LogP contribution in [0.2, 0.25) is 0 Å². The molecule has 7 nitrogen and oxygen atoms in total. The van der Waals surface area contributed by atoms with Crippen molar-refractivity contribution < 1.29 is 18.7 Å². The van der Waals surface area contributed by atoms with E-state index in [1.165, 1.54) is 23.3 Å². The van der Waals surface area contributed by atoms with Crippen molar-refractivity contribution in [2.24, 2.45) is 0 Å². The Morgan fingerprint density at radius 1 is 0.825 bits per heavy atom. The van der Waals surface area contributed by atoms with Gasteiger partial charge in [0, 0.05) is 31.4 Å².